The minimum absolute atomic E-state index is 0.503. The molecule has 0 aromatic carbocycles. The lowest BCUT2D eigenvalue weighted by atomic mass is 9.87. The first-order chi connectivity index (χ1) is 5.64. The Morgan fingerprint density at radius 2 is 2.33 bits per heavy atom. The van der Waals surface area contributed by atoms with Gasteiger partial charge in [0.25, 0.3) is 0 Å². The Kier molecular flexibility index (Phi) is 3.66. The Morgan fingerprint density at radius 3 is 2.92 bits per heavy atom. The molecule has 0 aliphatic carbocycles. The lowest BCUT2D eigenvalue weighted by Gasteiger charge is -2.30. The van der Waals surface area contributed by atoms with E-state index in [1.165, 1.54) is 17.9 Å². The van der Waals surface area contributed by atoms with Gasteiger partial charge in [-0.3, -0.25) is 0 Å². The van der Waals surface area contributed by atoms with Gasteiger partial charge in [-0.05, 0) is 30.6 Å². The number of hydrogen-bond donors (Lipinski definition) is 1. The summed E-state index contributed by atoms with van der Waals surface area (Å²) in [6.45, 7) is 5.47. The van der Waals surface area contributed by atoms with Crippen LogP contribution in [-0.4, -0.2) is 18.1 Å². The van der Waals surface area contributed by atoms with Crippen LogP contribution in [0, 0.1) is 5.41 Å². The van der Waals surface area contributed by atoms with Crippen LogP contribution in [0.15, 0.2) is 11.6 Å². The maximum absolute atomic E-state index is 5.46. The van der Waals surface area contributed by atoms with E-state index in [4.69, 9.17) is 5.73 Å². The fourth-order valence-corrected chi connectivity index (χ4v) is 2.83. The van der Waals surface area contributed by atoms with Crippen molar-refractivity contribution in [3.8, 4) is 0 Å². The highest BCUT2D eigenvalue weighted by Crippen LogP contribution is 2.36. The average molecular weight is 185 g/mol. The zero-order chi connectivity index (χ0) is 9.03. The normalized spacial score (nSPS) is 26.1. The number of hydrogen-bond acceptors (Lipinski definition) is 2. The van der Waals surface area contributed by atoms with Gasteiger partial charge in [-0.2, -0.15) is 11.8 Å². The van der Waals surface area contributed by atoms with E-state index < -0.39 is 0 Å². The van der Waals surface area contributed by atoms with Crippen molar-refractivity contribution in [3.05, 3.63) is 11.6 Å². The maximum atomic E-state index is 5.46. The molecule has 1 saturated heterocycles. The van der Waals surface area contributed by atoms with Crippen LogP contribution in [0.1, 0.15) is 26.7 Å². The van der Waals surface area contributed by atoms with E-state index in [1.54, 1.807) is 5.57 Å². The van der Waals surface area contributed by atoms with Gasteiger partial charge < -0.3 is 5.73 Å². The van der Waals surface area contributed by atoms with Crippen molar-refractivity contribution in [3.63, 3.8) is 0 Å². The Balaban J connectivity index is 2.46. The van der Waals surface area contributed by atoms with Crippen LogP contribution < -0.4 is 5.73 Å². The van der Waals surface area contributed by atoms with Gasteiger partial charge in [-0.15, -0.1) is 0 Å². The quantitative estimate of drug-likeness (QED) is 0.669. The molecule has 0 aromatic heterocycles. The smallest absolute Gasteiger partial charge is 0.0143 e. The molecule has 70 valence electrons. The molecule has 0 bridgehead atoms. The van der Waals surface area contributed by atoms with Crippen molar-refractivity contribution >= 4 is 11.8 Å². The number of rotatable bonds is 2. The number of thioether (sulfide) groups is 1. The van der Waals surface area contributed by atoms with Gasteiger partial charge in [0.1, 0.15) is 0 Å². The highest BCUT2D eigenvalue weighted by molar-refractivity contribution is 7.99. The third-order valence-electron chi connectivity index (χ3n) is 2.09. The zero-order valence-electron chi connectivity index (χ0n) is 8.10. The molecule has 1 rings (SSSR count). The summed E-state index contributed by atoms with van der Waals surface area (Å²) in [7, 11) is 0. The van der Waals surface area contributed by atoms with Crippen LogP contribution >= 0.6 is 11.8 Å². The molecule has 2 heteroatoms. The van der Waals surface area contributed by atoms with Crippen molar-refractivity contribution in [2.24, 2.45) is 11.1 Å². The van der Waals surface area contributed by atoms with Gasteiger partial charge in [0, 0.05) is 5.75 Å². The lowest BCUT2D eigenvalue weighted by molar-refractivity contribution is 0.413. The van der Waals surface area contributed by atoms with Crippen molar-refractivity contribution in [2.45, 2.75) is 26.7 Å². The Morgan fingerprint density at radius 1 is 1.58 bits per heavy atom. The van der Waals surface area contributed by atoms with E-state index in [0.29, 0.717) is 5.41 Å². The average Bonchev–Trinajstić information content (AvgIpc) is 1.99. The summed E-state index contributed by atoms with van der Waals surface area (Å²) in [5.41, 5.74) is 7.56. The second-order valence-corrected chi connectivity index (χ2v) is 5.26. The summed E-state index contributed by atoms with van der Waals surface area (Å²) in [6, 6.07) is 0. The van der Waals surface area contributed by atoms with Crippen LogP contribution in [0.2, 0.25) is 0 Å². The maximum Gasteiger partial charge on any atom is 0.0143 e. The second kappa shape index (κ2) is 4.33. The van der Waals surface area contributed by atoms with Crippen molar-refractivity contribution in [1.29, 1.82) is 0 Å². The topological polar surface area (TPSA) is 26.0 Å². The second-order valence-electron chi connectivity index (χ2n) is 4.27. The van der Waals surface area contributed by atoms with Gasteiger partial charge >= 0.3 is 0 Å². The fourth-order valence-electron chi connectivity index (χ4n) is 1.59. The van der Waals surface area contributed by atoms with Crippen LogP contribution in [-0.2, 0) is 0 Å². The minimum atomic E-state index is 0.503. The summed E-state index contributed by atoms with van der Waals surface area (Å²) in [6.07, 6.45) is 4.64. The lowest BCUT2D eigenvalue weighted by Crippen LogP contribution is -2.21. The van der Waals surface area contributed by atoms with E-state index in [-0.39, 0.29) is 0 Å². The largest absolute Gasteiger partial charge is 0.330 e. The molecule has 12 heavy (non-hydrogen) atoms. The summed E-state index contributed by atoms with van der Waals surface area (Å²) in [5.74, 6) is 2.52. The molecular weight excluding hydrogens is 166 g/mol. The monoisotopic (exact) mass is 185 g/mol. The van der Waals surface area contributed by atoms with E-state index in [9.17, 15) is 0 Å². The van der Waals surface area contributed by atoms with Gasteiger partial charge in [0.2, 0.25) is 0 Å². The highest BCUT2D eigenvalue weighted by Gasteiger charge is 2.23. The minimum Gasteiger partial charge on any atom is -0.330 e. The van der Waals surface area contributed by atoms with Crippen LogP contribution in [0.5, 0.6) is 0 Å². The van der Waals surface area contributed by atoms with Gasteiger partial charge in [0.05, 0.1) is 0 Å². The predicted molar refractivity (Wildman–Crippen MR) is 57.5 cm³/mol. The van der Waals surface area contributed by atoms with Crippen molar-refractivity contribution in [1.82, 2.24) is 0 Å². The molecule has 2 N–H and O–H groups in total. The molecule has 0 radical (unpaired) electrons. The first-order valence-corrected chi connectivity index (χ1v) is 5.75. The molecule has 0 amide bonds. The SMILES string of the molecule is CC1(C)CSC/C(=C\CCN)C1. The predicted octanol–water partition coefficient (Wildman–Crippen LogP) is 2.42. The summed E-state index contributed by atoms with van der Waals surface area (Å²) >= 11 is 2.05. The molecule has 1 aliphatic heterocycles. The van der Waals surface area contributed by atoms with Crippen LogP contribution in [0.3, 0.4) is 0 Å². The van der Waals surface area contributed by atoms with Gasteiger partial charge in [-0.25, -0.2) is 0 Å². The molecule has 1 heterocycles. The molecular formula is C10H19NS. The highest BCUT2D eigenvalue weighted by atomic mass is 32.2. The van der Waals surface area contributed by atoms with Crippen LogP contribution in [0.25, 0.3) is 0 Å². The van der Waals surface area contributed by atoms with Crippen molar-refractivity contribution < 1.29 is 0 Å². The van der Waals surface area contributed by atoms with E-state index in [2.05, 4.69) is 31.7 Å². The standard InChI is InChI=1S/C10H19NS/c1-10(2)6-9(4-3-5-11)7-12-8-10/h4H,3,5-8,11H2,1-2H3/b9-4-. The molecule has 0 aromatic rings. The summed E-state index contributed by atoms with van der Waals surface area (Å²) < 4.78 is 0. The van der Waals surface area contributed by atoms with Gasteiger partial charge in [0.15, 0.2) is 0 Å². The molecule has 1 aliphatic rings. The van der Waals surface area contributed by atoms with E-state index in [1.807, 2.05) is 0 Å². The Hall–Kier alpha value is 0.0500. The molecule has 0 spiro atoms. The van der Waals surface area contributed by atoms with Crippen molar-refractivity contribution in [2.75, 3.05) is 18.1 Å². The first kappa shape index (κ1) is 10.1. The molecule has 0 atom stereocenters. The van der Waals surface area contributed by atoms with E-state index in [0.717, 1.165) is 13.0 Å². The molecule has 1 fully saturated rings. The van der Waals surface area contributed by atoms with Gasteiger partial charge in [-0.1, -0.05) is 25.5 Å². The first-order valence-electron chi connectivity index (χ1n) is 4.60. The Labute approximate surface area is 79.8 Å². The molecule has 0 unspecified atom stereocenters. The third kappa shape index (κ3) is 3.20. The van der Waals surface area contributed by atoms with E-state index >= 15 is 0 Å². The fraction of sp³-hybridized carbons (Fsp3) is 0.800. The molecule has 0 saturated carbocycles. The summed E-state index contributed by atoms with van der Waals surface area (Å²) in [4.78, 5) is 0. The third-order valence-corrected chi connectivity index (χ3v) is 3.65. The zero-order valence-corrected chi connectivity index (χ0v) is 8.91. The Bertz CT molecular complexity index is 173. The summed E-state index contributed by atoms with van der Waals surface area (Å²) in [5, 5.41) is 0. The molecule has 1 nitrogen and oxygen atoms in total. The number of nitrogens with two attached hydrogens (primary N) is 1. The van der Waals surface area contributed by atoms with Crippen LogP contribution in [0.4, 0.5) is 0 Å².